The smallest absolute Gasteiger partial charge is 0.264 e. The summed E-state index contributed by atoms with van der Waals surface area (Å²) in [5.74, 6) is 0.679. The van der Waals surface area contributed by atoms with Crippen LogP contribution in [0.5, 0.6) is 11.5 Å². The van der Waals surface area contributed by atoms with Crippen molar-refractivity contribution in [2.24, 2.45) is 5.73 Å². The number of nitrogens with one attached hydrogen (secondary N) is 2. The van der Waals surface area contributed by atoms with Gasteiger partial charge in [-0.3, -0.25) is 9.89 Å². The molecule has 0 saturated carbocycles. The topological polar surface area (TPSA) is 102 Å². The molecule has 110 valence electrons. The summed E-state index contributed by atoms with van der Waals surface area (Å²) in [6.07, 6.45) is 1.44. The molecule has 1 aromatic heterocycles. The molecule has 2 rings (SSSR count). The summed E-state index contributed by atoms with van der Waals surface area (Å²) in [5.41, 5.74) is 6.28. The van der Waals surface area contributed by atoms with Crippen LogP contribution in [0.2, 0.25) is 0 Å². The fraction of sp³-hybridized carbons (Fsp3) is 0.154. The lowest BCUT2D eigenvalue weighted by Gasteiger charge is -2.12. The normalized spacial score (nSPS) is 10.0. The van der Waals surface area contributed by atoms with Crippen molar-refractivity contribution in [3.63, 3.8) is 0 Å². The second-order valence-corrected chi connectivity index (χ2v) is 4.45. The minimum atomic E-state index is -0.425. The Hall–Kier alpha value is -2.61. The molecule has 4 N–H and O–H groups in total. The summed E-state index contributed by atoms with van der Waals surface area (Å²) in [4.78, 5) is 12.6. The van der Waals surface area contributed by atoms with E-state index in [1.54, 1.807) is 18.2 Å². The van der Waals surface area contributed by atoms with Crippen molar-refractivity contribution < 1.29 is 14.3 Å². The number of anilines is 1. The van der Waals surface area contributed by atoms with Crippen LogP contribution >= 0.6 is 12.2 Å². The molecule has 21 heavy (non-hydrogen) atoms. The second kappa shape index (κ2) is 6.23. The van der Waals surface area contributed by atoms with Gasteiger partial charge >= 0.3 is 0 Å². The van der Waals surface area contributed by atoms with Crippen LogP contribution in [0.4, 0.5) is 5.82 Å². The van der Waals surface area contributed by atoms with Gasteiger partial charge in [-0.1, -0.05) is 18.3 Å². The summed E-state index contributed by atoms with van der Waals surface area (Å²) in [6.45, 7) is 0. The highest BCUT2D eigenvalue weighted by atomic mass is 32.1. The molecule has 8 heteroatoms. The summed E-state index contributed by atoms with van der Waals surface area (Å²) in [7, 11) is 2.95. The van der Waals surface area contributed by atoms with Crippen molar-refractivity contribution in [2.75, 3.05) is 19.5 Å². The fourth-order valence-electron chi connectivity index (χ4n) is 1.82. The average molecular weight is 306 g/mol. The lowest BCUT2D eigenvalue weighted by Crippen LogP contribution is -2.18. The van der Waals surface area contributed by atoms with Crippen molar-refractivity contribution >= 4 is 28.9 Å². The first-order valence-corrected chi connectivity index (χ1v) is 6.34. The van der Waals surface area contributed by atoms with E-state index in [1.165, 1.54) is 20.4 Å². The summed E-state index contributed by atoms with van der Waals surface area (Å²) in [6, 6.07) is 5.06. The first-order chi connectivity index (χ1) is 10.1. The van der Waals surface area contributed by atoms with Crippen molar-refractivity contribution in [1.82, 2.24) is 10.2 Å². The molecular weight excluding hydrogens is 292 g/mol. The van der Waals surface area contributed by atoms with E-state index in [0.717, 1.165) is 0 Å². The van der Waals surface area contributed by atoms with Gasteiger partial charge in [-0.2, -0.15) is 5.10 Å². The van der Waals surface area contributed by atoms with Crippen molar-refractivity contribution in [2.45, 2.75) is 0 Å². The van der Waals surface area contributed by atoms with E-state index in [0.29, 0.717) is 22.9 Å². The fourth-order valence-corrected chi connectivity index (χ4v) is 1.97. The molecule has 0 radical (unpaired) electrons. The van der Waals surface area contributed by atoms with E-state index in [1.807, 2.05) is 0 Å². The highest BCUT2D eigenvalue weighted by molar-refractivity contribution is 7.80. The molecule has 1 heterocycles. The molecule has 0 aliphatic rings. The summed E-state index contributed by atoms with van der Waals surface area (Å²) >= 11 is 4.89. The Balaban J connectivity index is 2.37. The number of aromatic amines is 1. The third-order valence-electron chi connectivity index (χ3n) is 2.80. The van der Waals surface area contributed by atoms with Crippen LogP contribution in [0.15, 0.2) is 24.4 Å². The Kier molecular flexibility index (Phi) is 4.39. The quantitative estimate of drug-likeness (QED) is 0.720. The third-order valence-corrected chi connectivity index (χ3v) is 3.02. The number of nitrogens with zero attached hydrogens (tertiary/aromatic N) is 1. The molecule has 1 amide bonds. The largest absolute Gasteiger partial charge is 0.496 e. The third kappa shape index (κ3) is 2.95. The Morgan fingerprint density at radius 1 is 1.33 bits per heavy atom. The molecule has 0 saturated heterocycles. The number of methoxy groups -OCH3 is 2. The van der Waals surface area contributed by atoms with Gasteiger partial charge in [0, 0.05) is 0 Å². The first kappa shape index (κ1) is 14.8. The van der Waals surface area contributed by atoms with Crippen LogP contribution in [0.25, 0.3) is 0 Å². The molecule has 7 nitrogen and oxygen atoms in total. The van der Waals surface area contributed by atoms with E-state index in [-0.39, 0.29) is 10.6 Å². The van der Waals surface area contributed by atoms with Crippen LogP contribution < -0.4 is 20.5 Å². The van der Waals surface area contributed by atoms with Gasteiger partial charge in [0.25, 0.3) is 5.91 Å². The predicted octanol–water partition coefficient (Wildman–Crippen LogP) is 1.31. The van der Waals surface area contributed by atoms with Gasteiger partial charge in [-0.15, -0.1) is 0 Å². The van der Waals surface area contributed by atoms with Crippen LogP contribution in [0.3, 0.4) is 0 Å². The maximum absolute atomic E-state index is 12.4. The molecule has 0 bridgehead atoms. The number of ether oxygens (including phenoxy) is 2. The lowest BCUT2D eigenvalue weighted by molar-refractivity contribution is 0.102. The zero-order valence-electron chi connectivity index (χ0n) is 11.5. The maximum Gasteiger partial charge on any atom is 0.264 e. The number of amides is 1. The number of carbonyl (C=O) groups excluding carboxylic acids is 1. The Bertz CT molecular complexity index is 662. The first-order valence-electron chi connectivity index (χ1n) is 5.94. The maximum atomic E-state index is 12.4. The Labute approximate surface area is 126 Å². The van der Waals surface area contributed by atoms with Gasteiger partial charge in [0.2, 0.25) is 0 Å². The SMILES string of the molecule is COc1cccc(OC)c1C(=O)Nc1[nH]ncc1C(N)=S. The molecule has 0 atom stereocenters. The number of nitrogens with two attached hydrogens (primary N) is 1. The molecule has 0 spiro atoms. The van der Waals surface area contributed by atoms with Crippen LogP contribution in [-0.2, 0) is 0 Å². The van der Waals surface area contributed by atoms with Crippen molar-refractivity contribution in [3.8, 4) is 11.5 Å². The van der Waals surface area contributed by atoms with Crippen molar-refractivity contribution in [3.05, 3.63) is 35.5 Å². The number of benzene rings is 1. The molecule has 0 aliphatic heterocycles. The number of H-pyrrole nitrogens is 1. The van der Waals surface area contributed by atoms with Crippen LogP contribution in [0.1, 0.15) is 15.9 Å². The molecular formula is C13H14N4O3S. The highest BCUT2D eigenvalue weighted by Crippen LogP contribution is 2.29. The zero-order chi connectivity index (χ0) is 15.4. The van der Waals surface area contributed by atoms with E-state index in [9.17, 15) is 4.79 Å². The van der Waals surface area contributed by atoms with Crippen LogP contribution in [0, 0.1) is 0 Å². The number of hydrogen-bond donors (Lipinski definition) is 3. The number of hydrogen-bond acceptors (Lipinski definition) is 5. The zero-order valence-corrected chi connectivity index (χ0v) is 12.3. The van der Waals surface area contributed by atoms with Crippen LogP contribution in [-0.4, -0.2) is 35.3 Å². The number of thiocarbonyl (C=S) groups is 1. The van der Waals surface area contributed by atoms with E-state index >= 15 is 0 Å². The Morgan fingerprint density at radius 2 is 1.95 bits per heavy atom. The molecule has 0 fully saturated rings. The highest BCUT2D eigenvalue weighted by Gasteiger charge is 2.20. The van der Waals surface area contributed by atoms with E-state index in [2.05, 4.69) is 15.5 Å². The van der Waals surface area contributed by atoms with Gasteiger partial charge < -0.3 is 20.5 Å². The molecule has 0 aliphatic carbocycles. The van der Waals surface area contributed by atoms with E-state index < -0.39 is 5.91 Å². The van der Waals surface area contributed by atoms with Gasteiger partial charge in [-0.25, -0.2) is 0 Å². The van der Waals surface area contributed by atoms with Gasteiger partial charge in [-0.05, 0) is 12.1 Å². The predicted molar refractivity (Wildman–Crippen MR) is 82.0 cm³/mol. The summed E-state index contributed by atoms with van der Waals surface area (Å²) < 4.78 is 10.4. The molecule has 0 unspecified atom stereocenters. The number of aromatic nitrogens is 2. The van der Waals surface area contributed by atoms with Gasteiger partial charge in [0.15, 0.2) is 0 Å². The number of carbonyl (C=O) groups is 1. The number of rotatable bonds is 5. The Morgan fingerprint density at radius 3 is 2.48 bits per heavy atom. The summed E-state index contributed by atoms with van der Waals surface area (Å²) in [5, 5.41) is 9.09. The molecule has 1 aromatic carbocycles. The average Bonchev–Trinajstić information content (AvgIpc) is 2.94. The second-order valence-electron chi connectivity index (χ2n) is 4.01. The van der Waals surface area contributed by atoms with Gasteiger partial charge in [0.05, 0.1) is 26.0 Å². The standard InChI is InChI=1S/C13H14N4O3S/c1-19-8-4-3-5-9(20-2)10(8)13(18)16-12-7(11(14)21)6-15-17-12/h3-6H,1-2H3,(H2,14,21)(H2,15,16,17,18). The van der Waals surface area contributed by atoms with Crippen molar-refractivity contribution in [1.29, 1.82) is 0 Å². The monoisotopic (exact) mass is 306 g/mol. The lowest BCUT2D eigenvalue weighted by atomic mass is 10.1. The van der Waals surface area contributed by atoms with E-state index in [4.69, 9.17) is 27.4 Å². The molecule has 2 aromatic rings. The van der Waals surface area contributed by atoms with Gasteiger partial charge in [0.1, 0.15) is 27.9 Å². The minimum Gasteiger partial charge on any atom is -0.496 e. The minimum absolute atomic E-state index is 0.131.